The molecule has 7 heteroatoms. The van der Waals surface area contributed by atoms with E-state index in [9.17, 15) is 4.79 Å². The molecule has 22 heavy (non-hydrogen) atoms. The molecule has 0 saturated carbocycles. The first-order chi connectivity index (χ1) is 10.7. The third-order valence-electron chi connectivity index (χ3n) is 3.56. The van der Waals surface area contributed by atoms with Crippen LogP contribution in [0.2, 0.25) is 0 Å². The summed E-state index contributed by atoms with van der Waals surface area (Å²) < 4.78 is 5.37. The van der Waals surface area contributed by atoms with Crippen LogP contribution in [0.25, 0.3) is 11.3 Å². The number of nitrogens with one attached hydrogen (secondary N) is 2. The number of benzene rings is 1. The molecule has 1 amide bonds. The Bertz CT molecular complexity index is 682. The van der Waals surface area contributed by atoms with Crippen molar-refractivity contribution in [2.45, 2.75) is 6.54 Å². The monoisotopic (exact) mass is 301 g/mol. The van der Waals surface area contributed by atoms with E-state index in [-0.39, 0.29) is 12.5 Å². The summed E-state index contributed by atoms with van der Waals surface area (Å²) in [6.45, 7) is 2.25. The Balaban J connectivity index is 1.87. The number of anilines is 1. The largest absolute Gasteiger partial charge is 0.482 e. The van der Waals surface area contributed by atoms with Crippen LogP contribution in [0.3, 0.4) is 0 Å². The second-order valence-electron chi connectivity index (χ2n) is 5.33. The lowest BCUT2D eigenvalue weighted by Crippen LogP contribution is -2.25. The molecule has 2 heterocycles. The van der Waals surface area contributed by atoms with Crippen LogP contribution in [-0.2, 0) is 11.3 Å². The summed E-state index contributed by atoms with van der Waals surface area (Å²) in [5.41, 5.74) is 9.14. The molecule has 0 aliphatic carbocycles. The molecule has 1 aromatic carbocycles. The SMILES string of the molecule is CN(CCN)Cc1c[nH]nc1-c1ccc2c(c1)NC(=O)CO2. The number of amides is 1. The van der Waals surface area contributed by atoms with E-state index in [1.165, 1.54) is 0 Å². The maximum Gasteiger partial charge on any atom is 0.262 e. The minimum Gasteiger partial charge on any atom is -0.482 e. The molecule has 1 aliphatic rings. The molecule has 1 aromatic heterocycles. The van der Waals surface area contributed by atoms with Crippen molar-refractivity contribution in [2.24, 2.45) is 5.73 Å². The molecule has 7 nitrogen and oxygen atoms in total. The molecule has 0 bridgehead atoms. The molecule has 0 fully saturated rings. The Morgan fingerprint density at radius 1 is 1.45 bits per heavy atom. The van der Waals surface area contributed by atoms with Gasteiger partial charge in [0.05, 0.1) is 11.4 Å². The molecule has 0 radical (unpaired) electrons. The molecule has 0 unspecified atom stereocenters. The van der Waals surface area contributed by atoms with Crippen LogP contribution in [-0.4, -0.2) is 47.7 Å². The van der Waals surface area contributed by atoms with Gasteiger partial charge >= 0.3 is 0 Å². The van der Waals surface area contributed by atoms with Crippen molar-refractivity contribution in [3.8, 4) is 17.0 Å². The van der Waals surface area contributed by atoms with Crippen LogP contribution in [0.1, 0.15) is 5.56 Å². The number of rotatable bonds is 5. The number of H-pyrrole nitrogens is 1. The van der Waals surface area contributed by atoms with E-state index < -0.39 is 0 Å². The van der Waals surface area contributed by atoms with Crippen LogP contribution in [0.4, 0.5) is 5.69 Å². The van der Waals surface area contributed by atoms with E-state index in [0.29, 0.717) is 18.0 Å². The molecule has 1 aliphatic heterocycles. The fraction of sp³-hybridized carbons (Fsp3) is 0.333. The Morgan fingerprint density at radius 2 is 2.32 bits per heavy atom. The zero-order valence-electron chi connectivity index (χ0n) is 12.4. The number of carbonyl (C=O) groups is 1. The summed E-state index contributed by atoms with van der Waals surface area (Å²) in [5.74, 6) is 0.537. The highest BCUT2D eigenvalue weighted by Gasteiger charge is 2.18. The fourth-order valence-electron chi connectivity index (χ4n) is 2.51. The lowest BCUT2D eigenvalue weighted by atomic mass is 10.1. The number of ether oxygens (including phenoxy) is 1. The predicted molar refractivity (Wildman–Crippen MR) is 83.5 cm³/mol. The van der Waals surface area contributed by atoms with Crippen molar-refractivity contribution < 1.29 is 9.53 Å². The fourth-order valence-corrected chi connectivity index (χ4v) is 2.51. The van der Waals surface area contributed by atoms with Crippen LogP contribution in [0.5, 0.6) is 5.75 Å². The van der Waals surface area contributed by atoms with Gasteiger partial charge in [-0.3, -0.25) is 9.89 Å². The average Bonchev–Trinajstić information content (AvgIpc) is 2.94. The minimum absolute atomic E-state index is 0.0594. The second-order valence-corrected chi connectivity index (χ2v) is 5.33. The highest BCUT2D eigenvalue weighted by molar-refractivity contribution is 5.96. The Hall–Kier alpha value is -2.38. The van der Waals surface area contributed by atoms with Crippen molar-refractivity contribution in [1.82, 2.24) is 15.1 Å². The normalized spacial score (nSPS) is 13.7. The molecule has 0 atom stereocenters. The second kappa shape index (κ2) is 6.17. The van der Waals surface area contributed by atoms with Gasteiger partial charge in [-0.05, 0) is 25.2 Å². The molecule has 2 aromatic rings. The van der Waals surface area contributed by atoms with Gasteiger partial charge in [-0.15, -0.1) is 0 Å². The van der Waals surface area contributed by atoms with Gasteiger partial charge in [-0.1, -0.05) is 0 Å². The van der Waals surface area contributed by atoms with E-state index in [1.54, 1.807) is 0 Å². The molecular weight excluding hydrogens is 282 g/mol. The van der Waals surface area contributed by atoms with Gasteiger partial charge in [-0.2, -0.15) is 5.10 Å². The number of likely N-dealkylation sites (N-methyl/N-ethyl adjacent to an activating group) is 1. The van der Waals surface area contributed by atoms with E-state index >= 15 is 0 Å². The topological polar surface area (TPSA) is 96.3 Å². The molecule has 116 valence electrons. The van der Waals surface area contributed by atoms with Crippen LogP contribution in [0, 0.1) is 0 Å². The van der Waals surface area contributed by atoms with Gasteiger partial charge in [0.2, 0.25) is 0 Å². The lowest BCUT2D eigenvalue weighted by molar-refractivity contribution is -0.118. The molecule has 0 saturated heterocycles. The molecule has 4 N–H and O–H groups in total. The summed E-state index contributed by atoms with van der Waals surface area (Å²) in [6, 6.07) is 5.68. The zero-order valence-corrected chi connectivity index (χ0v) is 12.4. The molecule has 0 spiro atoms. The highest BCUT2D eigenvalue weighted by Crippen LogP contribution is 2.33. The summed E-state index contributed by atoms with van der Waals surface area (Å²) in [6.07, 6.45) is 1.89. The number of fused-ring (bicyclic) bond motifs is 1. The van der Waals surface area contributed by atoms with E-state index in [0.717, 1.165) is 29.9 Å². The smallest absolute Gasteiger partial charge is 0.262 e. The lowest BCUT2D eigenvalue weighted by Gasteiger charge is -2.19. The van der Waals surface area contributed by atoms with Gasteiger partial charge in [0, 0.05) is 37.0 Å². The maximum atomic E-state index is 11.4. The van der Waals surface area contributed by atoms with E-state index in [1.807, 2.05) is 31.4 Å². The first-order valence-corrected chi connectivity index (χ1v) is 7.15. The van der Waals surface area contributed by atoms with Gasteiger partial charge in [0.25, 0.3) is 5.91 Å². The van der Waals surface area contributed by atoms with Gasteiger partial charge in [-0.25, -0.2) is 0 Å². The van der Waals surface area contributed by atoms with E-state index in [4.69, 9.17) is 10.5 Å². The summed E-state index contributed by atoms with van der Waals surface area (Å²) in [4.78, 5) is 13.6. The van der Waals surface area contributed by atoms with Crippen molar-refractivity contribution in [3.63, 3.8) is 0 Å². The number of hydrogen-bond acceptors (Lipinski definition) is 5. The highest BCUT2D eigenvalue weighted by atomic mass is 16.5. The van der Waals surface area contributed by atoms with Crippen molar-refractivity contribution in [2.75, 3.05) is 32.1 Å². The van der Waals surface area contributed by atoms with Gasteiger partial charge in [0.1, 0.15) is 5.75 Å². The van der Waals surface area contributed by atoms with Crippen LogP contribution >= 0.6 is 0 Å². The van der Waals surface area contributed by atoms with Crippen molar-refractivity contribution >= 4 is 11.6 Å². The Kier molecular flexibility index (Phi) is 4.08. The number of nitrogens with two attached hydrogens (primary N) is 1. The first-order valence-electron chi connectivity index (χ1n) is 7.15. The number of nitrogens with zero attached hydrogens (tertiary/aromatic N) is 2. The minimum atomic E-state index is -0.144. The van der Waals surface area contributed by atoms with Crippen LogP contribution in [0.15, 0.2) is 24.4 Å². The summed E-state index contributed by atoms with van der Waals surface area (Å²) in [5, 5.41) is 10.1. The third-order valence-corrected chi connectivity index (χ3v) is 3.56. The quantitative estimate of drug-likeness (QED) is 0.759. The zero-order chi connectivity index (χ0) is 15.5. The number of carbonyl (C=O) groups excluding carboxylic acids is 1. The first kappa shape index (κ1) is 14.6. The van der Waals surface area contributed by atoms with E-state index in [2.05, 4.69) is 20.4 Å². The van der Waals surface area contributed by atoms with Gasteiger partial charge in [0.15, 0.2) is 6.61 Å². The molecular formula is C15H19N5O2. The third kappa shape index (κ3) is 2.95. The summed E-state index contributed by atoms with van der Waals surface area (Å²) >= 11 is 0. The Morgan fingerprint density at radius 3 is 3.14 bits per heavy atom. The number of aromatic amines is 1. The maximum absolute atomic E-state index is 11.4. The predicted octanol–water partition coefficient (Wildman–Crippen LogP) is 0.798. The van der Waals surface area contributed by atoms with Crippen LogP contribution < -0.4 is 15.8 Å². The van der Waals surface area contributed by atoms with Gasteiger partial charge < -0.3 is 20.7 Å². The Labute approximate surface area is 128 Å². The van der Waals surface area contributed by atoms with Crippen molar-refractivity contribution in [3.05, 3.63) is 30.0 Å². The number of aromatic nitrogens is 2. The summed E-state index contributed by atoms with van der Waals surface area (Å²) in [7, 11) is 2.02. The average molecular weight is 301 g/mol. The van der Waals surface area contributed by atoms with Crippen molar-refractivity contribution in [1.29, 1.82) is 0 Å². The number of hydrogen-bond donors (Lipinski definition) is 3. The standard InChI is InChI=1S/C15H19N5O2/c1-20(5-4-16)8-11-7-17-19-15(11)10-2-3-13-12(6-10)18-14(21)9-22-13/h2-3,6-7H,4-5,8-9,16H2,1H3,(H,17,19)(H,18,21). The molecule has 3 rings (SSSR count).